The number of guanidine groups is 1. The van der Waals surface area contributed by atoms with Crippen LogP contribution in [0.1, 0.15) is 46.1 Å². The minimum absolute atomic E-state index is 0.212. The van der Waals surface area contributed by atoms with Crippen molar-refractivity contribution >= 4 is 12.1 Å². The Kier molecular flexibility index (Phi) is 8.61. The number of nitrogens with zero attached hydrogens (tertiary/aromatic N) is 2. The Morgan fingerprint density at radius 2 is 1.90 bits per heavy atom. The average molecular weight is 405 g/mol. The maximum atomic E-state index is 12.2. The third-order valence-corrected chi connectivity index (χ3v) is 4.77. The lowest BCUT2D eigenvalue weighted by molar-refractivity contribution is 0.0185. The van der Waals surface area contributed by atoms with E-state index in [9.17, 15) is 4.79 Å². The lowest BCUT2D eigenvalue weighted by Gasteiger charge is -2.33. The first kappa shape index (κ1) is 22.8. The lowest BCUT2D eigenvalue weighted by Crippen LogP contribution is -2.45. The number of hydrogen-bond donors (Lipinski definition) is 2. The van der Waals surface area contributed by atoms with Crippen molar-refractivity contribution in [1.82, 2.24) is 15.5 Å². The van der Waals surface area contributed by atoms with E-state index < -0.39 is 5.60 Å². The maximum Gasteiger partial charge on any atom is 0.410 e. The summed E-state index contributed by atoms with van der Waals surface area (Å²) in [5.74, 6) is 2.15. The van der Waals surface area contributed by atoms with Crippen LogP contribution >= 0.6 is 0 Å². The number of nitrogens with one attached hydrogen (secondary N) is 2. The molecule has 0 spiro atoms. The molecular weight excluding hydrogens is 368 g/mol. The molecule has 162 valence electrons. The van der Waals surface area contributed by atoms with Crippen molar-refractivity contribution in [1.29, 1.82) is 0 Å². The third kappa shape index (κ3) is 7.83. The highest BCUT2D eigenvalue weighted by Gasteiger charge is 2.26. The Hall–Kier alpha value is -2.44. The average Bonchev–Trinajstić information content (AvgIpc) is 2.69. The molecule has 1 aromatic carbocycles. The molecule has 1 aromatic rings. The van der Waals surface area contributed by atoms with E-state index in [-0.39, 0.29) is 6.09 Å². The van der Waals surface area contributed by atoms with Crippen molar-refractivity contribution in [2.75, 3.05) is 33.3 Å². The van der Waals surface area contributed by atoms with Gasteiger partial charge in [-0.15, -0.1) is 0 Å². The van der Waals surface area contributed by atoms with Crippen LogP contribution in [-0.4, -0.2) is 55.8 Å². The third-order valence-electron chi connectivity index (χ3n) is 4.77. The van der Waals surface area contributed by atoms with Crippen molar-refractivity contribution in [3.63, 3.8) is 0 Å². The second-order valence-electron chi connectivity index (χ2n) is 8.30. The van der Waals surface area contributed by atoms with E-state index in [0.717, 1.165) is 56.3 Å². The summed E-state index contributed by atoms with van der Waals surface area (Å²) in [6.07, 6.45) is 1.70. The molecule has 0 unspecified atom stereocenters. The molecule has 1 fully saturated rings. The number of hydrogen-bond acceptors (Lipinski definition) is 4. The minimum Gasteiger partial charge on any atom is -0.496 e. The van der Waals surface area contributed by atoms with Gasteiger partial charge in [0.05, 0.1) is 13.7 Å². The molecule has 0 saturated carbocycles. The summed E-state index contributed by atoms with van der Waals surface area (Å²) in [5, 5.41) is 6.74. The Labute approximate surface area is 174 Å². The van der Waals surface area contributed by atoms with Crippen LogP contribution in [0.2, 0.25) is 0 Å². The van der Waals surface area contributed by atoms with E-state index in [4.69, 9.17) is 14.5 Å². The summed E-state index contributed by atoms with van der Waals surface area (Å²) in [6, 6.07) is 7.92. The van der Waals surface area contributed by atoms with Crippen molar-refractivity contribution in [2.24, 2.45) is 10.9 Å². The largest absolute Gasteiger partial charge is 0.496 e. The Morgan fingerprint density at radius 3 is 2.52 bits per heavy atom. The molecule has 0 atom stereocenters. The first-order valence-corrected chi connectivity index (χ1v) is 10.4. The predicted octanol–water partition coefficient (Wildman–Crippen LogP) is 3.40. The summed E-state index contributed by atoms with van der Waals surface area (Å²) in [5.41, 5.74) is 0.603. The zero-order valence-electron chi connectivity index (χ0n) is 18.5. The fourth-order valence-electron chi connectivity index (χ4n) is 3.23. The van der Waals surface area contributed by atoms with E-state index >= 15 is 0 Å². The number of carbonyl (C=O) groups is 1. The molecule has 0 bridgehead atoms. The van der Waals surface area contributed by atoms with Crippen molar-refractivity contribution in [3.8, 4) is 5.75 Å². The molecule has 1 heterocycles. The van der Waals surface area contributed by atoms with E-state index in [1.165, 1.54) is 0 Å². The van der Waals surface area contributed by atoms with Gasteiger partial charge in [-0.2, -0.15) is 0 Å². The van der Waals surface area contributed by atoms with Gasteiger partial charge in [0, 0.05) is 31.7 Å². The van der Waals surface area contributed by atoms with E-state index in [2.05, 4.69) is 17.6 Å². The van der Waals surface area contributed by atoms with Gasteiger partial charge in [-0.1, -0.05) is 18.2 Å². The Bertz CT molecular complexity index is 677. The van der Waals surface area contributed by atoms with Crippen LogP contribution in [0.4, 0.5) is 4.79 Å². The monoisotopic (exact) mass is 404 g/mol. The van der Waals surface area contributed by atoms with Crippen LogP contribution in [0.25, 0.3) is 0 Å². The number of ether oxygens (including phenoxy) is 2. The maximum absolute atomic E-state index is 12.2. The zero-order chi connectivity index (χ0) is 21.3. The smallest absolute Gasteiger partial charge is 0.410 e. The lowest BCUT2D eigenvalue weighted by atomic mass is 9.97. The second kappa shape index (κ2) is 10.9. The molecular formula is C22H36N4O3. The van der Waals surface area contributed by atoms with Crippen molar-refractivity contribution in [2.45, 2.75) is 52.7 Å². The number of rotatable bonds is 6. The van der Waals surface area contributed by atoms with Gasteiger partial charge >= 0.3 is 6.09 Å². The number of amides is 1. The van der Waals surface area contributed by atoms with Gasteiger partial charge in [0.15, 0.2) is 5.96 Å². The minimum atomic E-state index is -0.450. The second-order valence-corrected chi connectivity index (χ2v) is 8.30. The molecule has 1 aliphatic heterocycles. The number of benzene rings is 1. The zero-order valence-corrected chi connectivity index (χ0v) is 18.5. The van der Waals surface area contributed by atoms with Crippen molar-refractivity contribution in [3.05, 3.63) is 29.8 Å². The van der Waals surface area contributed by atoms with Gasteiger partial charge in [-0.3, -0.25) is 0 Å². The number of aliphatic imine (C=N–C) groups is 1. The molecule has 1 amide bonds. The topological polar surface area (TPSA) is 75.2 Å². The molecule has 1 aliphatic rings. The highest BCUT2D eigenvalue weighted by molar-refractivity contribution is 5.79. The van der Waals surface area contributed by atoms with Crippen LogP contribution in [-0.2, 0) is 11.3 Å². The summed E-state index contributed by atoms with van der Waals surface area (Å²) in [4.78, 5) is 18.7. The van der Waals surface area contributed by atoms with Crippen LogP contribution < -0.4 is 15.4 Å². The number of para-hydroxylation sites is 1. The molecule has 2 rings (SSSR count). The number of methoxy groups -OCH3 is 1. The fourth-order valence-corrected chi connectivity index (χ4v) is 3.23. The van der Waals surface area contributed by atoms with E-state index in [0.29, 0.717) is 12.5 Å². The molecule has 0 radical (unpaired) electrons. The standard InChI is InChI=1S/C22H36N4O3/c1-6-23-20(25-16-18-9-7-8-10-19(18)28-5)24-15-17-11-13-26(14-12-17)21(27)29-22(2,3)4/h7-10,17H,6,11-16H2,1-5H3,(H2,23,24,25). The van der Waals surface area contributed by atoms with Gasteiger partial charge < -0.3 is 25.0 Å². The molecule has 7 nitrogen and oxygen atoms in total. The summed E-state index contributed by atoms with van der Waals surface area (Å²) < 4.78 is 10.9. The van der Waals surface area contributed by atoms with E-state index in [1.807, 2.05) is 49.9 Å². The van der Waals surface area contributed by atoms with Crippen LogP contribution in [0.5, 0.6) is 5.75 Å². The number of carbonyl (C=O) groups excluding carboxylic acids is 1. The summed E-state index contributed by atoms with van der Waals surface area (Å²) in [7, 11) is 1.68. The normalized spacial score (nSPS) is 15.8. The molecule has 0 aromatic heterocycles. The van der Waals surface area contributed by atoms with Gasteiger partial charge in [0.25, 0.3) is 0 Å². The van der Waals surface area contributed by atoms with Gasteiger partial charge in [0.1, 0.15) is 11.4 Å². The predicted molar refractivity (Wildman–Crippen MR) is 116 cm³/mol. The first-order chi connectivity index (χ1) is 13.8. The Morgan fingerprint density at radius 1 is 1.21 bits per heavy atom. The first-order valence-electron chi connectivity index (χ1n) is 10.4. The molecule has 7 heteroatoms. The van der Waals surface area contributed by atoms with E-state index in [1.54, 1.807) is 7.11 Å². The molecule has 29 heavy (non-hydrogen) atoms. The van der Waals surface area contributed by atoms with Crippen LogP contribution in [0.15, 0.2) is 29.3 Å². The summed E-state index contributed by atoms with van der Waals surface area (Å²) >= 11 is 0. The fraction of sp³-hybridized carbons (Fsp3) is 0.636. The van der Waals surface area contributed by atoms with Crippen LogP contribution in [0.3, 0.4) is 0 Å². The molecule has 1 saturated heterocycles. The highest BCUT2D eigenvalue weighted by Crippen LogP contribution is 2.20. The quantitative estimate of drug-likeness (QED) is 0.561. The molecule has 2 N–H and O–H groups in total. The SMILES string of the molecule is CCNC(=NCc1ccccc1OC)NCC1CCN(C(=O)OC(C)(C)C)CC1. The molecule has 0 aliphatic carbocycles. The van der Waals surface area contributed by atoms with Crippen LogP contribution in [0, 0.1) is 5.92 Å². The number of piperidine rings is 1. The van der Waals surface area contributed by atoms with Gasteiger partial charge in [-0.25, -0.2) is 9.79 Å². The van der Waals surface area contributed by atoms with Gasteiger partial charge in [-0.05, 0) is 52.5 Å². The summed E-state index contributed by atoms with van der Waals surface area (Å²) in [6.45, 7) is 11.4. The Balaban J connectivity index is 1.83. The highest BCUT2D eigenvalue weighted by atomic mass is 16.6. The number of likely N-dealkylation sites (tertiary alicyclic amines) is 1. The van der Waals surface area contributed by atoms with Gasteiger partial charge in [0.2, 0.25) is 0 Å². The van der Waals surface area contributed by atoms with Crippen molar-refractivity contribution < 1.29 is 14.3 Å².